The third-order valence-electron chi connectivity index (χ3n) is 4.04. The van der Waals surface area contributed by atoms with Crippen LogP contribution in [0.15, 0.2) is 71.9 Å². The summed E-state index contributed by atoms with van der Waals surface area (Å²) in [4.78, 5) is 5.59. The van der Waals surface area contributed by atoms with Gasteiger partial charge in [0.25, 0.3) is 0 Å². The zero-order chi connectivity index (χ0) is 14.9. The van der Waals surface area contributed by atoms with Crippen LogP contribution in [-0.2, 0) is 4.84 Å². The fourth-order valence-electron chi connectivity index (χ4n) is 2.93. The minimum Gasteiger partial charge on any atom is -0.507 e. The van der Waals surface area contributed by atoms with Crippen molar-refractivity contribution in [2.45, 2.75) is 12.5 Å². The highest BCUT2D eigenvalue weighted by Crippen LogP contribution is 2.35. The molecule has 3 nitrogen and oxygen atoms in total. The maximum atomic E-state index is 10.3. The van der Waals surface area contributed by atoms with E-state index in [9.17, 15) is 5.11 Å². The monoisotopic (exact) mass is 289 g/mol. The van der Waals surface area contributed by atoms with Gasteiger partial charge in [-0.15, -0.1) is 0 Å². The zero-order valence-corrected chi connectivity index (χ0v) is 11.9. The SMILES string of the molecule is Oc1ccc2ccccc2c1C1=NOC(c2ccccc2)C1. The van der Waals surface area contributed by atoms with Gasteiger partial charge in [0.05, 0.1) is 5.71 Å². The molecule has 0 fully saturated rings. The molecule has 108 valence electrons. The Hall–Kier alpha value is -2.81. The maximum absolute atomic E-state index is 10.3. The maximum Gasteiger partial charge on any atom is 0.158 e. The highest BCUT2D eigenvalue weighted by molar-refractivity contribution is 6.13. The minimum absolute atomic E-state index is 0.0884. The molecule has 1 aliphatic heterocycles. The molecule has 4 rings (SSSR count). The first-order chi connectivity index (χ1) is 10.8. The molecule has 0 saturated carbocycles. The van der Waals surface area contributed by atoms with E-state index in [0.717, 1.165) is 27.6 Å². The summed E-state index contributed by atoms with van der Waals surface area (Å²) >= 11 is 0. The van der Waals surface area contributed by atoms with Crippen LogP contribution in [-0.4, -0.2) is 10.8 Å². The molecular weight excluding hydrogens is 274 g/mol. The van der Waals surface area contributed by atoms with Gasteiger partial charge in [-0.2, -0.15) is 0 Å². The van der Waals surface area contributed by atoms with Gasteiger partial charge in [0.1, 0.15) is 5.75 Å². The van der Waals surface area contributed by atoms with Gasteiger partial charge < -0.3 is 9.94 Å². The summed E-state index contributed by atoms with van der Waals surface area (Å²) in [7, 11) is 0. The molecule has 0 spiro atoms. The van der Waals surface area contributed by atoms with Crippen LogP contribution in [0.25, 0.3) is 10.8 Å². The van der Waals surface area contributed by atoms with Crippen LogP contribution in [0, 0.1) is 0 Å². The molecule has 0 amide bonds. The van der Waals surface area contributed by atoms with Gasteiger partial charge in [-0.1, -0.05) is 65.8 Å². The number of rotatable bonds is 2. The Morgan fingerprint density at radius 3 is 2.55 bits per heavy atom. The largest absolute Gasteiger partial charge is 0.507 e. The molecule has 3 aromatic rings. The lowest BCUT2D eigenvalue weighted by atomic mass is 9.95. The Morgan fingerprint density at radius 2 is 1.68 bits per heavy atom. The number of fused-ring (bicyclic) bond motifs is 1. The first-order valence-electron chi connectivity index (χ1n) is 7.31. The van der Waals surface area contributed by atoms with Crippen molar-refractivity contribution in [3.63, 3.8) is 0 Å². The third kappa shape index (κ3) is 2.11. The Balaban J connectivity index is 1.73. The molecule has 1 aliphatic rings. The summed E-state index contributed by atoms with van der Waals surface area (Å²) in [6.07, 6.45) is 0.570. The van der Waals surface area contributed by atoms with Crippen molar-refractivity contribution in [3.8, 4) is 5.75 Å². The number of phenols is 1. The van der Waals surface area contributed by atoms with Gasteiger partial charge in [-0.3, -0.25) is 0 Å². The molecule has 0 bridgehead atoms. The van der Waals surface area contributed by atoms with Crippen molar-refractivity contribution < 1.29 is 9.94 Å². The molecule has 0 radical (unpaired) electrons. The Kier molecular flexibility index (Phi) is 3.04. The number of hydrogen-bond acceptors (Lipinski definition) is 3. The smallest absolute Gasteiger partial charge is 0.158 e. The van der Waals surface area contributed by atoms with Crippen molar-refractivity contribution in [2.75, 3.05) is 0 Å². The summed E-state index contributed by atoms with van der Waals surface area (Å²) in [6.45, 7) is 0. The molecular formula is C19H15NO2. The molecule has 22 heavy (non-hydrogen) atoms. The summed E-state index contributed by atoms with van der Waals surface area (Å²) in [5.74, 6) is 0.245. The minimum atomic E-state index is -0.0884. The predicted octanol–water partition coefficient (Wildman–Crippen LogP) is 4.41. The van der Waals surface area contributed by atoms with E-state index in [-0.39, 0.29) is 11.9 Å². The number of hydrogen-bond donors (Lipinski definition) is 1. The van der Waals surface area contributed by atoms with Crippen molar-refractivity contribution >= 4 is 16.5 Å². The average Bonchev–Trinajstić information content (AvgIpc) is 3.05. The van der Waals surface area contributed by atoms with E-state index in [1.807, 2.05) is 60.7 Å². The lowest BCUT2D eigenvalue weighted by molar-refractivity contribution is 0.0857. The van der Waals surface area contributed by atoms with E-state index in [0.29, 0.717) is 6.42 Å². The molecule has 1 heterocycles. The molecule has 3 aromatic carbocycles. The van der Waals surface area contributed by atoms with E-state index >= 15 is 0 Å². The predicted molar refractivity (Wildman–Crippen MR) is 87.0 cm³/mol. The lowest BCUT2D eigenvalue weighted by Gasteiger charge is -2.09. The van der Waals surface area contributed by atoms with Crippen LogP contribution in [0.1, 0.15) is 23.7 Å². The first kappa shape index (κ1) is 12.9. The van der Waals surface area contributed by atoms with E-state index in [2.05, 4.69) is 5.16 Å². The Labute approximate surface area is 128 Å². The van der Waals surface area contributed by atoms with Crippen molar-refractivity contribution in [1.29, 1.82) is 0 Å². The normalized spacial score (nSPS) is 17.3. The van der Waals surface area contributed by atoms with Crippen LogP contribution in [0.5, 0.6) is 5.75 Å². The van der Waals surface area contributed by atoms with Crippen molar-refractivity contribution in [1.82, 2.24) is 0 Å². The fourth-order valence-corrected chi connectivity index (χ4v) is 2.93. The standard InChI is InChI=1S/C19H15NO2/c21-17-11-10-13-6-4-5-9-15(13)19(17)16-12-18(22-20-16)14-7-2-1-3-8-14/h1-11,18,21H,12H2. The van der Waals surface area contributed by atoms with Gasteiger partial charge in [0.15, 0.2) is 6.10 Å². The summed E-state index contributed by atoms with van der Waals surface area (Å²) in [5, 5.41) is 16.6. The molecule has 0 saturated heterocycles. The Morgan fingerprint density at radius 1 is 0.909 bits per heavy atom. The van der Waals surface area contributed by atoms with Gasteiger partial charge >= 0.3 is 0 Å². The first-order valence-corrected chi connectivity index (χ1v) is 7.31. The lowest BCUT2D eigenvalue weighted by Crippen LogP contribution is -2.02. The molecule has 1 N–H and O–H groups in total. The van der Waals surface area contributed by atoms with E-state index in [4.69, 9.17) is 4.84 Å². The number of oxime groups is 1. The van der Waals surface area contributed by atoms with E-state index < -0.39 is 0 Å². The molecule has 0 aliphatic carbocycles. The van der Waals surface area contributed by atoms with Gasteiger partial charge in [-0.25, -0.2) is 0 Å². The van der Waals surface area contributed by atoms with Crippen LogP contribution in [0.4, 0.5) is 0 Å². The van der Waals surface area contributed by atoms with Crippen LogP contribution in [0.3, 0.4) is 0 Å². The molecule has 0 aromatic heterocycles. The van der Waals surface area contributed by atoms with Crippen molar-refractivity contribution in [3.05, 3.63) is 77.9 Å². The average molecular weight is 289 g/mol. The summed E-state index contributed by atoms with van der Waals surface area (Å²) in [6, 6.07) is 21.7. The molecule has 3 heteroatoms. The quantitative estimate of drug-likeness (QED) is 0.759. The van der Waals surface area contributed by atoms with Crippen LogP contribution in [0.2, 0.25) is 0 Å². The van der Waals surface area contributed by atoms with Gasteiger partial charge in [0, 0.05) is 12.0 Å². The topological polar surface area (TPSA) is 41.8 Å². The number of aromatic hydroxyl groups is 1. The van der Waals surface area contributed by atoms with Crippen LogP contribution >= 0.6 is 0 Å². The second-order valence-electron chi connectivity index (χ2n) is 5.43. The van der Waals surface area contributed by atoms with E-state index in [1.54, 1.807) is 6.07 Å². The molecule has 1 atom stereocenters. The van der Waals surface area contributed by atoms with Gasteiger partial charge in [0.2, 0.25) is 0 Å². The number of benzene rings is 3. The second-order valence-corrected chi connectivity index (χ2v) is 5.43. The number of nitrogens with zero attached hydrogens (tertiary/aromatic N) is 1. The summed E-state index contributed by atoms with van der Waals surface area (Å²) in [5.41, 5.74) is 2.67. The second kappa shape index (κ2) is 5.19. The van der Waals surface area contributed by atoms with E-state index in [1.165, 1.54) is 0 Å². The Bertz CT molecular complexity index is 856. The number of phenolic OH excluding ortho intramolecular Hbond substituents is 1. The van der Waals surface area contributed by atoms with Crippen molar-refractivity contribution in [2.24, 2.45) is 5.16 Å². The highest BCUT2D eigenvalue weighted by atomic mass is 16.6. The molecule has 1 unspecified atom stereocenters. The zero-order valence-electron chi connectivity index (χ0n) is 11.9. The highest BCUT2D eigenvalue weighted by Gasteiger charge is 2.26. The fraction of sp³-hybridized carbons (Fsp3) is 0.105. The van der Waals surface area contributed by atoms with Crippen LogP contribution < -0.4 is 0 Å². The van der Waals surface area contributed by atoms with Gasteiger partial charge in [-0.05, 0) is 22.4 Å². The summed E-state index contributed by atoms with van der Waals surface area (Å²) < 4.78 is 0. The third-order valence-corrected chi connectivity index (χ3v) is 4.04.